The fraction of sp³-hybridized carbons (Fsp3) is 0.0741. The molecule has 0 bridgehead atoms. The van der Waals surface area contributed by atoms with Gasteiger partial charge < -0.3 is 18.9 Å². The maximum absolute atomic E-state index is 2.43. The predicted octanol–water partition coefficient (Wildman–Crippen LogP) is 15.1. The molecule has 0 aliphatic heterocycles. The molecule has 4 heteroatoms. The fourth-order valence-electron chi connectivity index (χ4n) is 8.78. The van der Waals surface area contributed by atoms with Crippen LogP contribution in [0.1, 0.15) is 25.0 Å². The monoisotopic (exact) mass is 748 g/mol. The summed E-state index contributed by atoms with van der Waals surface area (Å²) in [6.45, 7) is 6.26. The topological polar surface area (TPSA) is 16.3 Å². The first kappa shape index (κ1) is 35.1. The second-order valence-corrected chi connectivity index (χ2v) is 14.8. The van der Waals surface area contributed by atoms with Crippen molar-refractivity contribution in [1.29, 1.82) is 0 Å². The minimum absolute atomic E-state index is 0.900. The van der Waals surface area contributed by atoms with Crippen molar-refractivity contribution in [3.63, 3.8) is 0 Å². The molecule has 0 radical (unpaired) electrons. The van der Waals surface area contributed by atoms with Crippen molar-refractivity contribution in [1.82, 2.24) is 9.13 Å². The molecule has 58 heavy (non-hydrogen) atoms. The highest BCUT2D eigenvalue weighted by atomic mass is 15.1. The number of para-hydroxylation sites is 4. The molecule has 0 unspecified atom stereocenters. The van der Waals surface area contributed by atoms with Crippen molar-refractivity contribution in [3.05, 3.63) is 205 Å². The summed E-state index contributed by atoms with van der Waals surface area (Å²) in [5, 5.41) is 5.03. The van der Waals surface area contributed by atoms with E-state index in [1.807, 2.05) is 0 Å². The van der Waals surface area contributed by atoms with Crippen LogP contribution < -0.4 is 9.80 Å². The molecule has 280 valence electrons. The number of rotatable bonds is 10. The lowest BCUT2D eigenvalue weighted by Gasteiger charge is -2.25. The molecule has 10 aromatic rings. The number of aromatic nitrogens is 2. The lowest BCUT2D eigenvalue weighted by atomic mass is 10.1. The number of hydrogen-bond donors (Lipinski definition) is 0. The molecule has 0 amide bonds. The van der Waals surface area contributed by atoms with Crippen LogP contribution in [0.15, 0.2) is 194 Å². The molecule has 8 aromatic carbocycles. The Labute approximate surface area is 339 Å². The van der Waals surface area contributed by atoms with Crippen LogP contribution in [-0.4, -0.2) is 9.13 Å². The van der Waals surface area contributed by atoms with Crippen LogP contribution in [0, 0.1) is 0 Å². The zero-order valence-electron chi connectivity index (χ0n) is 32.8. The van der Waals surface area contributed by atoms with E-state index in [1.54, 1.807) is 0 Å². The van der Waals surface area contributed by atoms with Gasteiger partial charge in [0.05, 0.1) is 0 Å². The summed E-state index contributed by atoms with van der Waals surface area (Å²) in [5.41, 5.74) is 14.2. The largest absolute Gasteiger partial charge is 0.341 e. The molecule has 2 heterocycles. The van der Waals surface area contributed by atoms with Crippen molar-refractivity contribution in [2.45, 2.75) is 26.9 Å². The first-order valence-corrected chi connectivity index (χ1v) is 20.3. The summed E-state index contributed by atoms with van der Waals surface area (Å²) in [4.78, 5) is 4.68. The smallest absolute Gasteiger partial charge is 0.0492 e. The van der Waals surface area contributed by atoms with Crippen LogP contribution >= 0.6 is 0 Å². The van der Waals surface area contributed by atoms with Gasteiger partial charge in [-0.3, -0.25) is 0 Å². The van der Waals surface area contributed by atoms with Crippen LogP contribution in [0.25, 0.3) is 55.8 Å². The zero-order chi connectivity index (χ0) is 39.0. The third kappa shape index (κ3) is 6.20. The average Bonchev–Trinajstić information content (AvgIpc) is 3.77. The third-order valence-corrected chi connectivity index (χ3v) is 11.4. The highest BCUT2D eigenvalue weighted by Crippen LogP contribution is 2.41. The van der Waals surface area contributed by atoms with Crippen LogP contribution in [0.5, 0.6) is 0 Å². The molecule has 0 saturated heterocycles. The highest BCUT2D eigenvalue weighted by molar-refractivity contribution is 6.11. The lowest BCUT2D eigenvalue weighted by molar-refractivity contribution is 0.827. The van der Waals surface area contributed by atoms with Crippen LogP contribution in [-0.2, 0) is 13.1 Å². The van der Waals surface area contributed by atoms with Gasteiger partial charge in [0, 0.05) is 90.8 Å². The van der Waals surface area contributed by atoms with Gasteiger partial charge in [-0.1, -0.05) is 97.1 Å². The van der Waals surface area contributed by atoms with Gasteiger partial charge in [0.1, 0.15) is 0 Å². The standard InChI is InChI=1S/C54H44N4/c1-3-55-51-31-27-39(35-47(51)49-37-45(29-33-53(49)55)57(41-17-9-5-10-18-41)42-19-11-6-12-20-42)25-26-40-28-32-52-48(36-40)50-38-46(30-34-54(50)56(52)4-2)58(43-21-13-7-14-22-43)44-23-15-8-16-24-44/h5-38H,3-4H2,1-2H3/b26-25+. The van der Waals surface area contributed by atoms with E-state index in [9.17, 15) is 0 Å². The van der Waals surface area contributed by atoms with Crippen molar-refractivity contribution in [2.75, 3.05) is 9.80 Å². The minimum Gasteiger partial charge on any atom is -0.341 e. The molecule has 4 nitrogen and oxygen atoms in total. The maximum atomic E-state index is 2.43. The average molecular weight is 749 g/mol. The molecule has 0 saturated carbocycles. The fourth-order valence-corrected chi connectivity index (χ4v) is 8.78. The molecule has 2 aromatic heterocycles. The normalized spacial score (nSPS) is 11.7. The van der Waals surface area contributed by atoms with E-state index in [4.69, 9.17) is 0 Å². The van der Waals surface area contributed by atoms with Gasteiger partial charge in [-0.2, -0.15) is 0 Å². The molecule has 10 rings (SSSR count). The van der Waals surface area contributed by atoms with Crippen molar-refractivity contribution < 1.29 is 0 Å². The summed E-state index contributed by atoms with van der Waals surface area (Å²) in [7, 11) is 0. The number of anilines is 6. The number of nitrogens with zero attached hydrogens (tertiary/aromatic N) is 4. The Balaban J connectivity index is 1.05. The molecule has 0 spiro atoms. The van der Waals surface area contributed by atoms with E-state index in [2.05, 4.69) is 239 Å². The molecule has 0 fully saturated rings. The summed E-state index contributed by atoms with van der Waals surface area (Å²) >= 11 is 0. The van der Waals surface area contributed by atoms with E-state index in [-0.39, 0.29) is 0 Å². The van der Waals surface area contributed by atoms with E-state index < -0.39 is 0 Å². The Bertz CT molecular complexity index is 2780. The first-order chi connectivity index (χ1) is 28.7. The van der Waals surface area contributed by atoms with E-state index >= 15 is 0 Å². The number of hydrogen-bond acceptors (Lipinski definition) is 2. The summed E-state index contributed by atoms with van der Waals surface area (Å²) in [6, 6.07) is 70.1. The van der Waals surface area contributed by atoms with Gasteiger partial charge in [-0.05, 0) is 134 Å². The highest BCUT2D eigenvalue weighted by Gasteiger charge is 2.18. The molecular weight excluding hydrogens is 705 g/mol. The van der Waals surface area contributed by atoms with Gasteiger partial charge in [-0.25, -0.2) is 0 Å². The number of benzene rings is 8. The van der Waals surface area contributed by atoms with Crippen LogP contribution in [0.3, 0.4) is 0 Å². The van der Waals surface area contributed by atoms with Crippen molar-refractivity contribution in [3.8, 4) is 0 Å². The molecular formula is C54H44N4. The Morgan fingerprint density at radius 1 is 0.328 bits per heavy atom. The SMILES string of the molecule is CCn1c2ccc(/C=C/c3ccc4c(c3)c3cc(N(c5ccccc5)c5ccccc5)ccc3n4CC)cc2c2cc(N(c3ccccc3)c3ccccc3)ccc21. The van der Waals surface area contributed by atoms with E-state index in [0.717, 1.165) is 47.2 Å². The van der Waals surface area contributed by atoms with E-state index in [0.29, 0.717) is 0 Å². The summed E-state index contributed by atoms with van der Waals surface area (Å²) in [5.74, 6) is 0. The van der Waals surface area contributed by atoms with Gasteiger partial charge in [0.15, 0.2) is 0 Å². The zero-order valence-corrected chi connectivity index (χ0v) is 32.8. The quantitative estimate of drug-likeness (QED) is 0.130. The van der Waals surface area contributed by atoms with Gasteiger partial charge >= 0.3 is 0 Å². The van der Waals surface area contributed by atoms with Crippen molar-refractivity contribution in [2.24, 2.45) is 0 Å². The molecule has 0 atom stereocenters. The number of aryl methyl sites for hydroxylation is 2. The van der Waals surface area contributed by atoms with Crippen LogP contribution in [0.2, 0.25) is 0 Å². The minimum atomic E-state index is 0.900. The first-order valence-electron chi connectivity index (χ1n) is 20.3. The summed E-state index contributed by atoms with van der Waals surface area (Å²) in [6.07, 6.45) is 4.52. The molecule has 0 aliphatic carbocycles. The Morgan fingerprint density at radius 3 is 0.931 bits per heavy atom. The van der Waals surface area contributed by atoms with E-state index in [1.165, 1.54) is 54.7 Å². The van der Waals surface area contributed by atoms with Crippen molar-refractivity contribution >= 4 is 89.9 Å². The van der Waals surface area contributed by atoms with Gasteiger partial charge in [-0.15, -0.1) is 0 Å². The second kappa shape index (κ2) is 15.0. The van der Waals surface area contributed by atoms with Crippen LogP contribution in [0.4, 0.5) is 34.1 Å². The molecule has 0 N–H and O–H groups in total. The third-order valence-electron chi connectivity index (χ3n) is 11.4. The predicted molar refractivity (Wildman–Crippen MR) is 249 cm³/mol. The lowest BCUT2D eigenvalue weighted by Crippen LogP contribution is -2.09. The Hall–Kier alpha value is -7.30. The summed E-state index contributed by atoms with van der Waals surface area (Å²) < 4.78 is 4.86. The number of fused-ring (bicyclic) bond motifs is 6. The Kier molecular flexibility index (Phi) is 9.08. The van der Waals surface area contributed by atoms with Gasteiger partial charge in [0.2, 0.25) is 0 Å². The second-order valence-electron chi connectivity index (χ2n) is 14.8. The van der Waals surface area contributed by atoms with Gasteiger partial charge in [0.25, 0.3) is 0 Å². The Morgan fingerprint density at radius 2 is 0.621 bits per heavy atom. The molecule has 0 aliphatic rings. The maximum Gasteiger partial charge on any atom is 0.0492 e.